The van der Waals surface area contributed by atoms with Gasteiger partial charge in [0.15, 0.2) is 0 Å². The van der Waals surface area contributed by atoms with Crippen LogP contribution < -0.4 is 0 Å². The van der Waals surface area contributed by atoms with Crippen LogP contribution in [-0.4, -0.2) is 42.5 Å². The molecule has 0 bridgehead atoms. The summed E-state index contributed by atoms with van der Waals surface area (Å²) in [5.41, 5.74) is 0. The molecule has 1 atom stereocenters. The Bertz CT molecular complexity index is 124. The molecule has 0 spiro atoms. The first-order chi connectivity index (χ1) is 6.34. The van der Waals surface area contributed by atoms with Crippen molar-refractivity contribution in [3.05, 3.63) is 0 Å². The third-order valence-electron chi connectivity index (χ3n) is 2.53. The topological polar surface area (TPSA) is 32.7 Å². The highest BCUT2D eigenvalue weighted by molar-refractivity contribution is 4.65. The van der Waals surface area contributed by atoms with E-state index in [-0.39, 0.29) is 6.23 Å². The van der Waals surface area contributed by atoms with Gasteiger partial charge in [0.25, 0.3) is 0 Å². The van der Waals surface area contributed by atoms with Crippen molar-refractivity contribution in [2.24, 2.45) is 0 Å². The van der Waals surface area contributed by atoms with Crippen molar-refractivity contribution < 1.29 is 9.84 Å². The van der Waals surface area contributed by atoms with E-state index in [0.29, 0.717) is 0 Å². The Morgan fingerprint density at radius 1 is 1.31 bits per heavy atom. The minimum Gasteiger partial charge on any atom is -0.379 e. The van der Waals surface area contributed by atoms with Crippen molar-refractivity contribution in [2.75, 3.05) is 26.3 Å². The first-order valence-electron chi connectivity index (χ1n) is 5.34. The predicted molar refractivity (Wildman–Crippen MR) is 52.5 cm³/mol. The zero-order chi connectivity index (χ0) is 9.52. The third-order valence-corrected chi connectivity index (χ3v) is 2.53. The van der Waals surface area contributed by atoms with Gasteiger partial charge in [0.1, 0.15) is 6.23 Å². The largest absolute Gasteiger partial charge is 0.379 e. The summed E-state index contributed by atoms with van der Waals surface area (Å²) in [6.45, 7) is 5.48. The van der Waals surface area contributed by atoms with Crippen LogP contribution in [-0.2, 0) is 4.74 Å². The maximum Gasteiger partial charge on any atom is 0.107 e. The van der Waals surface area contributed by atoms with Gasteiger partial charge >= 0.3 is 0 Å². The lowest BCUT2D eigenvalue weighted by Gasteiger charge is -2.31. The Hall–Kier alpha value is -0.120. The lowest BCUT2D eigenvalue weighted by atomic mass is 10.2. The van der Waals surface area contributed by atoms with E-state index in [1.807, 2.05) is 0 Å². The zero-order valence-corrected chi connectivity index (χ0v) is 8.54. The van der Waals surface area contributed by atoms with E-state index in [4.69, 9.17) is 4.74 Å². The van der Waals surface area contributed by atoms with Crippen LogP contribution in [0.2, 0.25) is 0 Å². The number of morpholine rings is 1. The van der Waals surface area contributed by atoms with E-state index in [0.717, 1.165) is 39.1 Å². The Kier molecular flexibility index (Phi) is 5.35. The summed E-state index contributed by atoms with van der Waals surface area (Å²) in [6.07, 6.45) is 4.25. The van der Waals surface area contributed by atoms with Gasteiger partial charge in [-0.3, -0.25) is 4.90 Å². The fourth-order valence-corrected chi connectivity index (χ4v) is 1.64. The van der Waals surface area contributed by atoms with Crippen molar-refractivity contribution in [3.63, 3.8) is 0 Å². The minimum atomic E-state index is -0.240. The molecule has 1 rings (SSSR count). The summed E-state index contributed by atoms with van der Waals surface area (Å²) in [5.74, 6) is 0. The highest BCUT2D eigenvalue weighted by Gasteiger charge is 2.17. The van der Waals surface area contributed by atoms with Gasteiger partial charge in [0, 0.05) is 13.1 Å². The van der Waals surface area contributed by atoms with Crippen LogP contribution >= 0.6 is 0 Å². The maximum atomic E-state index is 9.77. The third kappa shape index (κ3) is 4.07. The molecule has 13 heavy (non-hydrogen) atoms. The number of nitrogens with zero attached hydrogens (tertiary/aromatic N) is 1. The van der Waals surface area contributed by atoms with E-state index in [1.54, 1.807) is 0 Å². The van der Waals surface area contributed by atoms with Gasteiger partial charge in [-0.1, -0.05) is 19.8 Å². The Morgan fingerprint density at radius 2 is 2.00 bits per heavy atom. The van der Waals surface area contributed by atoms with Crippen LogP contribution in [0.15, 0.2) is 0 Å². The number of hydrogen-bond donors (Lipinski definition) is 1. The molecule has 0 saturated carbocycles. The average molecular weight is 187 g/mol. The summed E-state index contributed by atoms with van der Waals surface area (Å²) in [6, 6.07) is 0. The van der Waals surface area contributed by atoms with Crippen LogP contribution in [0.25, 0.3) is 0 Å². The van der Waals surface area contributed by atoms with Gasteiger partial charge in [-0.15, -0.1) is 0 Å². The number of ether oxygens (including phenoxy) is 1. The van der Waals surface area contributed by atoms with E-state index >= 15 is 0 Å². The van der Waals surface area contributed by atoms with Crippen LogP contribution in [0.3, 0.4) is 0 Å². The average Bonchev–Trinajstić information content (AvgIpc) is 2.19. The van der Waals surface area contributed by atoms with E-state index in [1.165, 1.54) is 12.8 Å². The molecule has 3 heteroatoms. The monoisotopic (exact) mass is 187 g/mol. The molecule has 1 unspecified atom stereocenters. The Balaban J connectivity index is 2.09. The molecule has 0 aromatic carbocycles. The molecule has 1 aliphatic rings. The first kappa shape index (κ1) is 11.0. The Morgan fingerprint density at radius 3 is 2.62 bits per heavy atom. The van der Waals surface area contributed by atoms with Gasteiger partial charge in [-0.25, -0.2) is 0 Å². The molecule has 0 aromatic rings. The number of aliphatic hydroxyl groups is 1. The molecule has 1 heterocycles. The van der Waals surface area contributed by atoms with E-state index in [2.05, 4.69) is 11.8 Å². The zero-order valence-electron chi connectivity index (χ0n) is 8.54. The molecule has 1 N–H and O–H groups in total. The molecule has 78 valence electrons. The van der Waals surface area contributed by atoms with Crippen molar-refractivity contribution in [2.45, 2.75) is 38.8 Å². The van der Waals surface area contributed by atoms with Crippen LogP contribution in [0.5, 0.6) is 0 Å². The fraction of sp³-hybridized carbons (Fsp3) is 1.00. The second kappa shape index (κ2) is 6.35. The molecule has 1 fully saturated rings. The van der Waals surface area contributed by atoms with Crippen molar-refractivity contribution in [3.8, 4) is 0 Å². The molecule has 1 saturated heterocycles. The maximum absolute atomic E-state index is 9.77. The second-order valence-corrected chi connectivity index (χ2v) is 3.62. The van der Waals surface area contributed by atoms with Crippen LogP contribution in [0.1, 0.15) is 32.6 Å². The smallest absolute Gasteiger partial charge is 0.107 e. The van der Waals surface area contributed by atoms with Crippen LogP contribution in [0, 0.1) is 0 Å². The Labute approximate surface area is 80.7 Å². The normalized spacial score (nSPS) is 21.7. The molecular formula is C10H21NO2. The van der Waals surface area contributed by atoms with Gasteiger partial charge in [0.2, 0.25) is 0 Å². The minimum absolute atomic E-state index is 0.240. The van der Waals surface area contributed by atoms with E-state index < -0.39 is 0 Å². The van der Waals surface area contributed by atoms with Gasteiger partial charge < -0.3 is 9.84 Å². The summed E-state index contributed by atoms with van der Waals surface area (Å²) < 4.78 is 5.22. The second-order valence-electron chi connectivity index (χ2n) is 3.62. The summed E-state index contributed by atoms with van der Waals surface area (Å²) in [4.78, 5) is 2.11. The molecule has 0 aromatic heterocycles. The number of aliphatic hydroxyl groups excluding tert-OH is 1. The number of unbranched alkanes of at least 4 members (excludes halogenated alkanes) is 2. The molecular weight excluding hydrogens is 166 g/mol. The summed E-state index contributed by atoms with van der Waals surface area (Å²) in [7, 11) is 0. The van der Waals surface area contributed by atoms with Crippen molar-refractivity contribution in [1.82, 2.24) is 4.90 Å². The summed E-state index contributed by atoms with van der Waals surface area (Å²) in [5, 5.41) is 9.77. The van der Waals surface area contributed by atoms with Crippen molar-refractivity contribution >= 4 is 0 Å². The predicted octanol–water partition coefficient (Wildman–Crippen LogP) is 1.22. The van der Waals surface area contributed by atoms with Crippen molar-refractivity contribution in [1.29, 1.82) is 0 Å². The molecule has 0 radical (unpaired) electrons. The molecule has 0 amide bonds. The number of hydrogen-bond acceptors (Lipinski definition) is 3. The standard InChI is InChI=1S/C10H21NO2/c1-2-3-4-5-10(12)11-6-8-13-9-7-11/h10,12H,2-9H2,1H3. The number of rotatable bonds is 5. The molecule has 0 aliphatic carbocycles. The summed E-state index contributed by atoms with van der Waals surface area (Å²) >= 11 is 0. The lowest BCUT2D eigenvalue weighted by Crippen LogP contribution is -2.43. The molecule has 3 nitrogen and oxygen atoms in total. The molecule has 1 aliphatic heterocycles. The van der Waals surface area contributed by atoms with Gasteiger partial charge in [0.05, 0.1) is 13.2 Å². The van der Waals surface area contributed by atoms with Gasteiger partial charge in [-0.2, -0.15) is 0 Å². The first-order valence-corrected chi connectivity index (χ1v) is 5.34. The SMILES string of the molecule is CCCCCC(O)N1CCOCC1. The van der Waals surface area contributed by atoms with Crippen LogP contribution in [0.4, 0.5) is 0 Å². The highest BCUT2D eigenvalue weighted by atomic mass is 16.5. The van der Waals surface area contributed by atoms with Gasteiger partial charge in [-0.05, 0) is 12.8 Å². The fourth-order valence-electron chi connectivity index (χ4n) is 1.64. The highest BCUT2D eigenvalue weighted by Crippen LogP contribution is 2.09. The quantitative estimate of drug-likeness (QED) is 0.657. The van der Waals surface area contributed by atoms with E-state index in [9.17, 15) is 5.11 Å². The lowest BCUT2D eigenvalue weighted by molar-refractivity contribution is -0.0623.